The number of hydrogen-bond acceptors (Lipinski definition) is 3. The number of nitrogens with zero attached hydrogens (tertiary/aromatic N) is 2. The van der Waals surface area contributed by atoms with Gasteiger partial charge in [-0.3, -0.25) is 14.9 Å². The third-order valence-corrected chi connectivity index (χ3v) is 2.64. The maximum Gasteiger partial charge on any atom is 0.272 e. The Balaban J connectivity index is 2.89. The van der Waals surface area contributed by atoms with Crippen LogP contribution >= 0.6 is 11.6 Å². The summed E-state index contributed by atoms with van der Waals surface area (Å²) >= 11 is 5.50. The highest BCUT2D eigenvalue weighted by Gasteiger charge is 2.18. The summed E-state index contributed by atoms with van der Waals surface area (Å²) < 4.78 is 13.6. The number of amides is 1. The second-order valence-corrected chi connectivity index (χ2v) is 4.07. The van der Waals surface area contributed by atoms with Crippen molar-refractivity contribution < 1.29 is 14.1 Å². The van der Waals surface area contributed by atoms with E-state index in [1.807, 2.05) is 0 Å². The molecule has 0 saturated heterocycles. The third kappa shape index (κ3) is 3.40. The number of non-ortho nitro benzene ring substituents is 1. The molecule has 0 fully saturated rings. The van der Waals surface area contributed by atoms with Crippen LogP contribution in [0.4, 0.5) is 10.1 Å². The van der Waals surface area contributed by atoms with E-state index in [-0.39, 0.29) is 11.3 Å². The Morgan fingerprint density at radius 3 is 2.72 bits per heavy atom. The highest BCUT2D eigenvalue weighted by atomic mass is 35.5. The molecule has 0 radical (unpaired) electrons. The first-order chi connectivity index (χ1) is 8.47. The highest BCUT2D eigenvalue weighted by molar-refractivity contribution is 6.17. The molecule has 98 valence electrons. The molecule has 1 rings (SSSR count). The van der Waals surface area contributed by atoms with Crippen LogP contribution in [0.15, 0.2) is 18.2 Å². The van der Waals surface area contributed by atoms with Gasteiger partial charge in [0.2, 0.25) is 0 Å². The number of nitro groups is 1. The number of alkyl halides is 1. The Labute approximate surface area is 108 Å². The largest absolute Gasteiger partial charge is 0.342 e. The van der Waals surface area contributed by atoms with Crippen molar-refractivity contribution in [1.82, 2.24) is 4.90 Å². The fraction of sp³-hybridized carbons (Fsp3) is 0.364. The molecule has 0 aliphatic rings. The molecule has 0 heterocycles. The smallest absolute Gasteiger partial charge is 0.272 e. The fourth-order valence-electron chi connectivity index (χ4n) is 1.40. The molecule has 7 heteroatoms. The summed E-state index contributed by atoms with van der Waals surface area (Å²) in [5.74, 6) is -1.01. The molecule has 0 N–H and O–H groups in total. The van der Waals surface area contributed by atoms with Gasteiger partial charge in [0.05, 0.1) is 16.6 Å². The van der Waals surface area contributed by atoms with Gasteiger partial charge < -0.3 is 4.90 Å². The van der Waals surface area contributed by atoms with Crippen LogP contribution in [0, 0.1) is 15.9 Å². The molecule has 1 aromatic rings. The number of carbonyl (C=O) groups is 1. The van der Waals surface area contributed by atoms with E-state index in [1.165, 1.54) is 11.9 Å². The van der Waals surface area contributed by atoms with Crippen LogP contribution in [0.3, 0.4) is 0 Å². The first-order valence-electron chi connectivity index (χ1n) is 5.22. The molecule has 0 bridgehead atoms. The molecule has 0 aliphatic carbocycles. The molecular weight excluding hydrogens is 263 g/mol. The second kappa shape index (κ2) is 6.30. The van der Waals surface area contributed by atoms with Crippen LogP contribution in [0.5, 0.6) is 0 Å². The summed E-state index contributed by atoms with van der Waals surface area (Å²) in [5.41, 5.74) is -0.565. The molecule has 0 unspecified atom stereocenters. The number of rotatable bonds is 5. The molecule has 0 spiro atoms. The van der Waals surface area contributed by atoms with Gasteiger partial charge >= 0.3 is 0 Å². The minimum absolute atomic E-state index is 0.183. The SMILES string of the molecule is CN(CCCCl)C(=O)c1ccc([N+](=O)[O-])cc1F. The zero-order chi connectivity index (χ0) is 13.7. The summed E-state index contributed by atoms with van der Waals surface area (Å²) in [6.07, 6.45) is 0.596. The van der Waals surface area contributed by atoms with Gasteiger partial charge in [-0.05, 0) is 12.5 Å². The molecule has 18 heavy (non-hydrogen) atoms. The van der Waals surface area contributed by atoms with Crippen molar-refractivity contribution in [2.24, 2.45) is 0 Å². The van der Waals surface area contributed by atoms with Crippen LogP contribution < -0.4 is 0 Å². The highest BCUT2D eigenvalue weighted by Crippen LogP contribution is 2.17. The summed E-state index contributed by atoms with van der Waals surface area (Å²) in [6, 6.07) is 2.96. The summed E-state index contributed by atoms with van der Waals surface area (Å²) in [7, 11) is 1.52. The van der Waals surface area contributed by atoms with Crippen LogP contribution in [0.25, 0.3) is 0 Å². The fourth-order valence-corrected chi connectivity index (χ4v) is 1.51. The summed E-state index contributed by atoms with van der Waals surface area (Å²) in [6.45, 7) is 0.402. The quantitative estimate of drug-likeness (QED) is 0.471. The van der Waals surface area contributed by atoms with Gasteiger partial charge in [0, 0.05) is 25.5 Å². The maximum atomic E-state index is 13.6. The number of nitro benzene ring substituents is 1. The van der Waals surface area contributed by atoms with Gasteiger partial charge in [-0.1, -0.05) is 0 Å². The molecule has 0 atom stereocenters. The van der Waals surface area contributed by atoms with E-state index in [9.17, 15) is 19.3 Å². The van der Waals surface area contributed by atoms with Crippen LogP contribution in [0.1, 0.15) is 16.8 Å². The standard InChI is InChI=1S/C11H12ClFN2O3/c1-14(6-2-5-12)11(16)9-4-3-8(15(17)18)7-10(9)13/h3-4,7H,2,5-6H2,1H3. The lowest BCUT2D eigenvalue weighted by atomic mass is 10.1. The first kappa shape index (κ1) is 14.4. The third-order valence-electron chi connectivity index (χ3n) is 2.37. The summed E-state index contributed by atoms with van der Waals surface area (Å²) in [5, 5.41) is 10.4. The monoisotopic (exact) mass is 274 g/mol. The van der Waals surface area contributed by atoms with Gasteiger partial charge in [-0.25, -0.2) is 4.39 Å². The van der Waals surface area contributed by atoms with Crippen molar-refractivity contribution in [3.8, 4) is 0 Å². The lowest BCUT2D eigenvalue weighted by Gasteiger charge is -2.16. The van der Waals surface area contributed by atoms with E-state index in [0.717, 1.165) is 18.2 Å². The Bertz CT molecular complexity index is 468. The molecule has 1 aromatic carbocycles. The van der Waals surface area contributed by atoms with Crippen molar-refractivity contribution in [2.75, 3.05) is 19.5 Å². The molecule has 0 saturated carbocycles. The average Bonchev–Trinajstić information content (AvgIpc) is 2.34. The van der Waals surface area contributed by atoms with Crippen LogP contribution in [-0.4, -0.2) is 35.2 Å². The average molecular weight is 275 g/mol. The molecule has 1 amide bonds. The first-order valence-corrected chi connectivity index (χ1v) is 5.76. The van der Waals surface area contributed by atoms with Gasteiger partial charge in [-0.15, -0.1) is 11.6 Å². The predicted molar refractivity (Wildman–Crippen MR) is 65.4 cm³/mol. The van der Waals surface area contributed by atoms with E-state index in [2.05, 4.69) is 0 Å². The van der Waals surface area contributed by atoms with Gasteiger partial charge in [0.15, 0.2) is 0 Å². The number of hydrogen-bond donors (Lipinski definition) is 0. The van der Waals surface area contributed by atoms with E-state index in [1.54, 1.807) is 0 Å². The van der Waals surface area contributed by atoms with E-state index < -0.39 is 16.6 Å². The van der Waals surface area contributed by atoms with E-state index >= 15 is 0 Å². The maximum absolute atomic E-state index is 13.6. The number of halogens is 2. The Morgan fingerprint density at radius 1 is 1.56 bits per heavy atom. The summed E-state index contributed by atoms with van der Waals surface area (Å²) in [4.78, 5) is 22.9. The topological polar surface area (TPSA) is 63.5 Å². The lowest BCUT2D eigenvalue weighted by Crippen LogP contribution is -2.28. The van der Waals surface area contributed by atoms with Gasteiger partial charge in [0.25, 0.3) is 11.6 Å². The number of benzene rings is 1. The van der Waals surface area contributed by atoms with E-state index in [4.69, 9.17) is 11.6 Å². The van der Waals surface area contributed by atoms with Crippen LogP contribution in [0.2, 0.25) is 0 Å². The normalized spacial score (nSPS) is 10.2. The molecule has 0 aromatic heterocycles. The van der Waals surface area contributed by atoms with E-state index in [0.29, 0.717) is 18.8 Å². The molecule has 5 nitrogen and oxygen atoms in total. The molecule has 0 aliphatic heterocycles. The van der Waals surface area contributed by atoms with Crippen LogP contribution in [-0.2, 0) is 0 Å². The van der Waals surface area contributed by atoms with Crippen molar-refractivity contribution in [1.29, 1.82) is 0 Å². The lowest BCUT2D eigenvalue weighted by molar-refractivity contribution is -0.385. The van der Waals surface area contributed by atoms with Crippen molar-refractivity contribution in [2.45, 2.75) is 6.42 Å². The Kier molecular flexibility index (Phi) is 5.03. The van der Waals surface area contributed by atoms with Crippen molar-refractivity contribution >= 4 is 23.2 Å². The predicted octanol–water partition coefficient (Wildman–Crippen LogP) is 2.43. The zero-order valence-electron chi connectivity index (χ0n) is 9.73. The Hall–Kier alpha value is -1.69. The van der Waals surface area contributed by atoms with Gasteiger partial charge in [0.1, 0.15) is 5.82 Å². The second-order valence-electron chi connectivity index (χ2n) is 3.69. The van der Waals surface area contributed by atoms with Crippen molar-refractivity contribution in [3.63, 3.8) is 0 Å². The zero-order valence-corrected chi connectivity index (χ0v) is 10.5. The molecular formula is C11H12ClFN2O3. The Morgan fingerprint density at radius 2 is 2.22 bits per heavy atom. The van der Waals surface area contributed by atoms with Gasteiger partial charge in [-0.2, -0.15) is 0 Å². The van der Waals surface area contributed by atoms with Crippen molar-refractivity contribution in [3.05, 3.63) is 39.7 Å². The number of carbonyl (C=O) groups excluding carboxylic acids is 1. The minimum atomic E-state index is -0.896. The minimum Gasteiger partial charge on any atom is -0.342 e.